The van der Waals surface area contributed by atoms with Crippen LogP contribution in [-0.2, 0) is 25.7 Å². The molecule has 4 aliphatic rings. The van der Waals surface area contributed by atoms with Crippen LogP contribution in [0.5, 0.6) is 0 Å². The van der Waals surface area contributed by atoms with E-state index in [9.17, 15) is 0 Å². The Bertz CT molecular complexity index is 455. The normalized spacial score (nSPS) is 16.0. The smallest absolute Gasteiger partial charge is 0.0238 e. The molecule has 19 heavy (non-hydrogen) atoms. The van der Waals surface area contributed by atoms with Crippen molar-refractivity contribution in [2.45, 2.75) is 44.9 Å². The molecule has 2 aromatic carbocycles. The van der Waals surface area contributed by atoms with Crippen molar-refractivity contribution in [1.29, 1.82) is 0 Å². The average molecular weight is 250 g/mol. The highest BCUT2D eigenvalue weighted by Crippen LogP contribution is 2.15. The maximum atomic E-state index is 2.32. The summed E-state index contributed by atoms with van der Waals surface area (Å²) in [5.41, 5.74) is 5.92. The van der Waals surface area contributed by atoms with E-state index in [1.807, 2.05) is 0 Å². The summed E-state index contributed by atoms with van der Waals surface area (Å²) in [4.78, 5) is 0. The summed E-state index contributed by atoms with van der Waals surface area (Å²) in [6.07, 6.45) is 8.74. The van der Waals surface area contributed by atoms with E-state index < -0.39 is 0 Å². The quantitative estimate of drug-likeness (QED) is 0.633. The molecule has 0 amide bonds. The van der Waals surface area contributed by atoms with Crippen molar-refractivity contribution in [3.05, 3.63) is 70.8 Å². The molecule has 0 heterocycles. The van der Waals surface area contributed by atoms with Crippen LogP contribution < -0.4 is 0 Å². The Labute approximate surface area is 116 Å². The Kier molecular flexibility index (Phi) is 3.98. The van der Waals surface area contributed by atoms with Crippen LogP contribution in [0.1, 0.15) is 41.5 Å². The highest BCUT2D eigenvalue weighted by atomic mass is 14.1. The Balaban J connectivity index is 1.80. The number of benzene rings is 2. The zero-order valence-electron chi connectivity index (χ0n) is 11.6. The maximum Gasteiger partial charge on any atom is -0.0238 e. The van der Waals surface area contributed by atoms with Crippen molar-refractivity contribution in [3.8, 4) is 0 Å². The molecule has 0 aromatic heterocycles. The van der Waals surface area contributed by atoms with Crippen LogP contribution >= 0.6 is 0 Å². The van der Waals surface area contributed by atoms with Crippen LogP contribution in [0.15, 0.2) is 48.5 Å². The molecule has 4 aliphatic carbocycles. The van der Waals surface area contributed by atoms with E-state index in [4.69, 9.17) is 0 Å². The molecule has 0 aliphatic heterocycles. The second-order valence-corrected chi connectivity index (χ2v) is 5.69. The summed E-state index contributed by atoms with van der Waals surface area (Å²) < 4.78 is 0. The van der Waals surface area contributed by atoms with E-state index in [0.717, 1.165) is 12.8 Å². The fourth-order valence-corrected chi connectivity index (χ4v) is 2.87. The Morgan fingerprint density at radius 1 is 0.368 bits per heavy atom. The molecule has 0 unspecified atom stereocenters. The van der Waals surface area contributed by atoms with Crippen molar-refractivity contribution >= 4 is 0 Å². The van der Waals surface area contributed by atoms with Crippen LogP contribution in [-0.4, -0.2) is 0 Å². The van der Waals surface area contributed by atoms with Gasteiger partial charge >= 0.3 is 0 Å². The van der Waals surface area contributed by atoms with Gasteiger partial charge in [-0.3, -0.25) is 0 Å². The summed E-state index contributed by atoms with van der Waals surface area (Å²) in [7, 11) is 0. The van der Waals surface area contributed by atoms with Crippen LogP contribution in [0, 0.1) is 0 Å². The zero-order chi connectivity index (χ0) is 12.9. The van der Waals surface area contributed by atoms with Crippen LogP contribution in [0.3, 0.4) is 0 Å². The van der Waals surface area contributed by atoms with E-state index in [1.165, 1.54) is 54.4 Å². The molecular formula is C19H22. The van der Waals surface area contributed by atoms with Crippen molar-refractivity contribution in [1.82, 2.24) is 0 Å². The molecule has 0 saturated heterocycles. The van der Waals surface area contributed by atoms with Gasteiger partial charge in [-0.25, -0.2) is 0 Å². The second kappa shape index (κ2) is 6.06. The van der Waals surface area contributed by atoms with E-state index in [2.05, 4.69) is 48.5 Å². The van der Waals surface area contributed by atoms with Crippen molar-refractivity contribution in [2.75, 3.05) is 0 Å². The van der Waals surface area contributed by atoms with Gasteiger partial charge in [-0.2, -0.15) is 0 Å². The van der Waals surface area contributed by atoms with E-state index in [1.54, 1.807) is 0 Å². The summed E-state index contributed by atoms with van der Waals surface area (Å²) in [5, 5.41) is 0. The molecule has 0 fully saturated rings. The van der Waals surface area contributed by atoms with Gasteiger partial charge in [-0.05, 0) is 60.8 Å². The largest absolute Gasteiger partial charge is 0.0588 e. The lowest BCUT2D eigenvalue weighted by Crippen LogP contribution is -1.92. The molecule has 6 rings (SSSR count). The Morgan fingerprint density at radius 2 is 0.684 bits per heavy atom. The first-order chi connectivity index (χ1) is 9.40. The highest BCUT2D eigenvalue weighted by molar-refractivity contribution is 5.26. The lowest BCUT2D eigenvalue weighted by Gasteiger charge is -2.04. The topological polar surface area (TPSA) is 0 Å². The predicted octanol–water partition coefficient (Wildman–Crippen LogP) is 4.74. The summed E-state index contributed by atoms with van der Waals surface area (Å²) >= 11 is 0. The molecule has 2 aromatic rings. The van der Waals surface area contributed by atoms with Gasteiger partial charge in [0.15, 0.2) is 0 Å². The van der Waals surface area contributed by atoms with Crippen molar-refractivity contribution in [2.24, 2.45) is 0 Å². The first-order valence-corrected chi connectivity index (χ1v) is 7.56. The van der Waals surface area contributed by atoms with E-state index in [-0.39, 0.29) is 0 Å². The highest BCUT2D eigenvalue weighted by Gasteiger charge is 2.01. The molecule has 0 radical (unpaired) electrons. The van der Waals surface area contributed by atoms with Crippen molar-refractivity contribution < 1.29 is 0 Å². The number of hydrogen-bond donors (Lipinski definition) is 0. The molecule has 0 spiro atoms. The molecule has 0 nitrogen and oxygen atoms in total. The third-order valence-electron chi connectivity index (χ3n) is 4.18. The summed E-state index contributed by atoms with van der Waals surface area (Å²) in [5.74, 6) is 0. The SMILES string of the molecule is c1cc2ccc1CCCCCc1ccc(cc1)CC2. The third kappa shape index (κ3) is 3.47. The monoisotopic (exact) mass is 250 g/mol. The lowest BCUT2D eigenvalue weighted by molar-refractivity contribution is 0.678. The van der Waals surface area contributed by atoms with Gasteiger partial charge < -0.3 is 0 Å². The number of hydrogen-bond acceptors (Lipinski definition) is 0. The molecule has 0 N–H and O–H groups in total. The molecule has 0 saturated carbocycles. The predicted molar refractivity (Wildman–Crippen MR) is 81.6 cm³/mol. The van der Waals surface area contributed by atoms with Crippen LogP contribution in [0.2, 0.25) is 0 Å². The Morgan fingerprint density at radius 3 is 1.05 bits per heavy atom. The third-order valence-corrected chi connectivity index (χ3v) is 4.18. The van der Waals surface area contributed by atoms with Gasteiger partial charge in [-0.15, -0.1) is 0 Å². The van der Waals surface area contributed by atoms with Gasteiger partial charge in [0.1, 0.15) is 0 Å². The molecule has 98 valence electrons. The molecule has 0 heteroatoms. The lowest BCUT2D eigenvalue weighted by atomic mass is 10.0. The first-order valence-electron chi connectivity index (χ1n) is 7.56. The fraction of sp³-hybridized carbons (Fsp3) is 0.368. The first kappa shape index (κ1) is 12.5. The summed E-state index contributed by atoms with van der Waals surface area (Å²) in [6, 6.07) is 18.5. The minimum atomic E-state index is 1.15. The Hall–Kier alpha value is -1.56. The molecule has 0 atom stereocenters. The van der Waals surface area contributed by atoms with Gasteiger partial charge in [-0.1, -0.05) is 55.0 Å². The maximum absolute atomic E-state index is 2.32. The average Bonchev–Trinajstić information content (AvgIpc) is 2.48. The molecule has 4 bridgehead atoms. The van der Waals surface area contributed by atoms with Gasteiger partial charge in [0.25, 0.3) is 0 Å². The van der Waals surface area contributed by atoms with Crippen LogP contribution in [0.25, 0.3) is 0 Å². The van der Waals surface area contributed by atoms with Gasteiger partial charge in [0.2, 0.25) is 0 Å². The zero-order valence-corrected chi connectivity index (χ0v) is 11.6. The fourth-order valence-electron chi connectivity index (χ4n) is 2.87. The van der Waals surface area contributed by atoms with E-state index >= 15 is 0 Å². The molecular weight excluding hydrogens is 228 g/mol. The number of rotatable bonds is 0. The second-order valence-electron chi connectivity index (χ2n) is 5.69. The summed E-state index contributed by atoms with van der Waals surface area (Å²) in [6.45, 7) is 0. The van der Waals surface area contributed by atoms with E-state index in [0.29, 0.717) is 0 Å². The minimum Gasteiger partial charge on any atom is -0.0588 e. The van der Waals surface area contributed by atoms with Gasteiger partial charge in [0.05, 0.1) is 0 Å². The number of aryl methyl sites for hydroxylation is 4. The minimum absolute atomic E-state index is 1.15. The van der Waals surface area contributed by atoms with Crippen molar-refractivity contribution in [3.63, 3.8) is 0 Å². The van der Waals surface area contributed by atoms with Gasteiger partial charge in [0, 0.05) is 0 Å². The van der Waals surface area contributed by atoms with Crippen LogP contribution in [0.4, 0.5) is 0 Å². The standard InChI is InChI=1S/C19H22/c1-2-4-16-6-10-18(11-7-16)14-15-19-12-8-17(5-3-1)9-13-19/h6-13H,1-5,14-15H2.